The Balaban J connectivity index is 1.89. The molecule has 0 radical (unpaired) electrons. The van der Waals surface area contributed by atoms with Crippen LogP contribution >= 0.6 is 11.8 Å². The minimum absolute atomic E-state index is 0.0249. The fourth-order valence-electron chi connectivity index (χ4n) is 2.93. The minimum atomic E-state index is -0.485. The molecule has 0 unspecified atom stereocenters. The Labute approximate surface area is 124 Å². The lowest BCUT2D eigenvalue weighted by Crippen LogP contribution is -2.42. The standard InChI is InChI=1S/C14H23NO4S/c1-18-10-7-12(14(17)19-2)15(8-10)13(16)9-20-11-5-3-4-6-11/h10-12H,3-9H2,1-2H3/t10-,12-/m1/s1. The van der Waals surface area contributed by atoms with Gasteiger partial charge in [0.1, 0.15) is 6.04 Å². The van der Waals surface area contributed by atoms with Crippen LogP contribution in [0.15, 0.2) is 0 Å². The molecule has 0 aromatic carbocycles. The van der Waals surface area contributed by atoms with Crippen molar-refractivity contribution in [3.05, 3.63) is 0 Å². The van der Waals surface area contributed by atoms with Gasteiger partial charge in [-0.3, -0.25) is 4.79 Å². The molecule has 5 nitrogen and oxygen atoms in total. The second-order valence-electron chi connectivity index (χ2n) is 5.40. The van der Waals surface area contributed by atoms with Crippen molar-refractivity contribution < 1.29 is 19.1 Å². The first-order valence-corrected chi connectivity index (χ1v) is 8.22. The molecule has 2 aliphatic rings. The fourth-order valence-corrected chi connectivity index (χ4v) is 4.14. The maximum Gasteiger partial charge on any atom is 0.328 e. The summed E-state index contributed by atoms with van der Waals surface area (Å²) in [5.74, 6) is 0.134. The smallest absolute Gasteiger partial charge is 0.328 e. The lowest BCUT2D eigenvalue weighted by molar-refractivity contribution is -0.150. The van der Waals surface area contributed by atoms with Gasteiger partial charge in [0.15, 0.2) is 0 Å². The van der Waals surface area contributed by atoms with Gasteiger partial charge in [0, 0.05) is 25.3 Å². The molecule has 1 saturated heterocycles. The zero-order chi connectivity index (χ0) is 14.5. The van der Waals surface area contributed by atoms with E-state index in [0.717, 1.165) is 0 Å². The van der Waals surface area contributed by atoms with E-state index >= 15 is 0 Å². The average molecular weight is 301 g/mol. The molecular formula is C14H23NO4S. The van der Waals surface area contributed by atoms with E-state index < -0.39 is 6.04 Å². The van der Waals surface area contributed by atoms with Gasteiger partial charge in [0.05, 0.1) is 19.0 Å². The third-order valence-electron chi connectivity index (χ3n) is 4.13. The van der Waals surface area contributed by atoms with Gasteiger partial charge in [-0.25, -0.2) is 4.79 Å². The first kappa shape index (κ1) is 15.6. The summed E-state index contributed by atoms with van der Waals surface area (Å²) in [7, 11) is 2.97. The molecule has 1 heterocycles. The van der Waals surface area contributed by atoms with E-state index in [1.807, 2.05) is 0 Å². The maximum absolute atomic E-state index is 12.3. The summed E-state index contributed by atoms with van der Waals surface area (Å²) >= 11 is 1.73. The van der Waals surface area contributed by atoms with Gasteiger partial charge in [-0.15, -0.1) is 11.8 Å². The van der Waals surface area contributed by atoms with Crippen LogP contribution in [0.4, 0.5) is 0 Å². The Hall–Kier alpha value is -0.750. The Morgan fingerprint density at radius 2 is 1.95 bits per heavy atom. The van der Waals surface area contributed by atoms with Crippen LogP contribution in [0.25, 0.3) is 0 Å². The van der Waals surface area contributed by atoms with Gasteiger partial charge in [-0.2, -0.15) is 0 Å². The number of esters is 1. The average Bonchev–Trinajstić information content (AvgIpc) is 3.12. The van der Waals surface area contributed by atoms with Crippen molar-refractivity contribution >= 4 is 23.6 Å². The molecule has 2 atom stereocenters. The summed E-state index contributed by atoms with van der Waals surface area (Å²) in [6.07, 6.45) is 5.42. The summed E-state index contributed by atoms with van der Waals surface area (Å²) in [4.78, 5) is 25.7. The largest absolute Gasteiger partial charge is 0.467 e. The van der Waals surface area contributed by atoms with Crippen molar-refractivity contribution in [2.24, 2.45) is 0 Å². The van der Waals surface area contributed by atoms with Crippen molar-refractivity contribution in [3.8, 4) is 0 Å². The lowest BCUT2D eigenvalue weighted by Gasteiger charge is -2.22. The van der Waals surface area contributed by atoms with Crippen LogP contribution in [0.2, 0.25) is 0 Å². The highest BCUT2D eigenvalue weighted by Gasteiger charge is 2.40. The third-order valence-corrected chi connectivity index (χ3v) is 5.49. The Morgan fingerprint density at radius 3 is 2.55 bits per heavy atom. The molecule has 2 rings (SSSR count). The predicted molar refractivity (Wildman–Crippen MR) is 77.6 cm³/mol. The van der Waals surface area contributed by atoms with E-state index in [1.54, 1.807) is 23.8 Å². The molecule has 6 heteroatoms. The maximum atomic E-state index is 12.3. The summed E-state index contributed by atoms with van der Waals surface area (Å²) in [5.41, 5.74) is 0. The molecule has 1 aliphatic heterocycles. The van der Waals surface area contributed by atoms with Crippen LogP contribution in [0, 0.1) is 0 Å². The number of methoxy groups -OCH3 is 2. The van der Waals surface area contributed by atoms with Crippen molar-refractivity contribution in [3.63, 3.8) is 0 Å². The highest BCUT2D eigenvalue weighted by Crippen LogP contribution is 2.30. The second-order valence-corrected chi connectivity index (χ2v) is 6.68. The van der Waals surface area contributed by atoms with Gasteiger partial charge >= 0.3 is 5.97 Å². The van der Waals surface area contributed by atoms with Crippen molar-refractivity contribution in [2.45, 2.75) is 49.5 Å². The van der Waals surface area contributed by atoms with E-state index in [1.165, 1.54) is 32.8 Å². The molecule has 0 N–H and O–H groups in total. The zero-order valence-electron chi connectivity index (χ0n) is 12.2. The summed E-state index contributed by atoms with van der Waals surface area (Å²) in [6.45, 7) is 0.486. The normalized spacial score (nSPS) is 27.0. The minimum Gasteiger partial charge on any atom is -0.467 e. The molecule has 0 aromatic heterocycles. The second kappa shape index (κ2) is 7.31. The van der Waals surface area contributed by atoms with Crippen LogP contribution in [0.3, 0.4) is 0 Å². The van der Waals surface area contributed by atoms with E-state index in [4.69, 9.17) is 9.47 Å². The summed E-state index contributed by atoms with van der Waals surface area (Å²) in [5, 5.41) is 0.608. The van der Waals surface area contributed by atoms with Crippen LogP contribution in [-0.4, -0.2) is 60.7 Å². The SMILES string of the molecule is COC(=O)[C@H]1C[C@@H](OC)CN1C(=O)CSC1CCCC1. The summed E-state index contributed by atoms with van der Waals surface area (Å²) < 4.78 is 10.1. The molecule has 0 spiro atoms. The molecule has 0 aromatic rings. The van der Waals surface area contributed by atoms with E-state index in [0.29, 0.717) is 24.0 Å². The van der Waals surface area contributed by atoms with Crippen LogP contribution in [0.1, 0.15) is 32.1 Å². The number of amides is 1. The molecule has 114 valence electrons. The number of likely N-dealkylation sites (tertiary alicyclic amines) is 1. The molecule has 1 aliphatic carbocycles. The molecule has 1 saturated carbocycles. The van der Waals surface area contributed by atoms with Crippen LogP contribution < -0.4 is 0 Å². The van der Waals surface area contributed by atoms with Crippen molar-refractivity contribution in [1.29, 1.82) is 0 Å². The number of hydrogen-bond donors (Lipinski definition) is 0. The monoisotopic (exact) mass is 301 g/mol. The molecule has 20 heavy (non-hydrogen) atoms. The third kappa shape index (κ3) is 3.67. The highest BCUT2D eigenvalue weighted by atomic mass is 32.2. The molecular weight excluding hydrogens is 278 g/mol. The fraction of sp³-hybridized carbons (Fsp3) is 0.857. The molecule has 1 amide bonds. The quantitative estimate of drug-likeness (QED) is 0.719. The first-order valence-electron chi connectivity index (χ1n) is 7.17. The number of rotatable bonds is 5. The topological polar surface area (TPSA) is 55.8 Å². The van der Waals surface area contributed by atoms with E-state index in [-0.39, 0.29) is 18.0 Å². The van der Waals surface area contributed by atoms with Crippen LogP contribution in [-0.2, 0) is 19.1 Å². The Bertz CT molecular complexity index is 357. The van der Waals surface area contributed by atoms with E-state index in [9.17, 15) is 9.59 Å². The number of nitrogens with zero attached hydrogens (tertiary/aromatic N) is 1. The van der Waals surface area contributed by atoms with Gasteiger partial charge in [0.25, 0.3) is 0 Å². The Morgan fingerprint density at radius 1 is 1.25 bits per heavy atom. The van der Waals surface area contributed by atoms with Gasteiger partial charge in [0.2, 0.25) is 5.91 Å². The number of ether oxygens (including phenoxy) is 2. The van der Waals surface area contributed by atoms with Crippen molar-refractivity contribution in [2.75, 3.05) is 26.5 Å². The number of thioether (sulfide) groups is 1. The highest BCUT2D eigenvalue weighted by molar-refractivity contribution is 8.00. The molecule has 0 bridgehead atoms. The first-order chi connectivity index (χ1) is 9.65. The molecule has 2 fully saturated rings. The zero-order valence-corrected chi connectivity index (χ0v) is 13.0. The number of carbonyl (C=O) groups is 2. The number of hydrogen-bond acceptors (Lipinski definition) is 5. The van der Waals surface area contributed by atoms with Gasteiger partial charge in [-0.05, 0) is 12.8 Å². The number of carbonyl (C=O) groups excluding carboxylic acids is 2. The van der Waals surface area contributed by atoms with Crippen LogP contribution in [0.5, 0.6) is 0 Å². The Kier molecular flexibility index (Phi) is 5.72. The predicted octanol–water partition coefficient (Wildman–Crippen LogP) is 1.45. The van der Waals surface area contributed by atoms with Gasteiger partial charge < -0.3 is 14.4 Å². The van der Waals surface area contributed by atoms with E-state index in [2.05, 4.69) is 0 Å². The lowest BCUT2D eigenvalue weighted by atomic mass is 10.2. The van der Waals surface area contributed by atoms with Crippen molar-refractivity contribution in [1.82, 2.24) is 4.90 Å². The van der Waals surface area contributed by atoms with Gasteiger partial charge in [-0.1, -0.05) is 12.8 Å². The summed E-state index contributed by atoms with van der Waals surface area (Å²) in [6, 6.07) is -0.485.